The van der Waals surface area contributed by atoms with Gasteiger partial charge in [0.25, 0.3) is 0 Å². The molecule has 0 radical (unpaired) electrons. The molecule has 1 amide bonds. The minimum atomic E-state index is -4.73. The Morgan fingerprint density at radius 1 is 1.40 bits per heavy atom. The fourth-order valence-corrected chi connectivity index (χ4v) is 0.998. The Hall–Kier alpha value is -1.27. The van der Waals surface area contributed by atoms with Gasteiger partial charge in [-0.05, 0) is 12.8 Å². The Labute approximate surface area is 84.5 Å². The van der Waals surface area contributed by atoms with Gasteiger partial charge in [0.15, 0.2) is 5.92 Å². The number of amides is 1. The molecule has 0 aromatic rings. The molecule has 0 spiro atoms. The van der Waals surface area contributed by atoms with Crippen molar-refractivity contribution in [2.45, 2.75) is 25.9 Å². The van der Waals surface area contributed by atoms with E-state index >= 15 is 0 Å². The molecule has 0 aliphatic carbocycles. The number of nitrogens with one attached hydrogen (secondary N) is 1. The van der Waals surface area contributed by atoms with E-state index < -0.39 is 24.5 Å². The zero-order valence-electron chi connectivity index (χ0n) is 8.10. The van der Waals surface area contributed by atoms with Crippen molar-refractivity contribution in [1.29, 1.82) is 0 Å². The van der Waals surface area contributed by atoms with Crippen LogP contribution in [0.25, 0.3) is 0 Å². The van der Waals surface area contributed by atoms with E-state index in [2.05, 4.69) is 5.32 Å². The van der Waals surface area contributed by atoms with Crippen LogP contribution in [0.5, 0.6) is 0 Å². The molecule has 0 aliphatic rings. The molecular weight excluding hydrogens is 215 g/mol. The third-order valence-corrected chi connectivity index (χ3v) is 1.74. The highest BCUT2D eigenvalue weighted by Crippen LogP contribution is 2.29. The fraction of sp³-hybridized carbons (Fsp3) is 0.750. The maximum Gasteiger partial charge on any atom is 0.402 e. The molecule has 0 saturated carbocycles. The van der Waals surface area contributed by atoms with Gasteiger partial charge in [0, 0.05) is 13.5 Å². The number of alkyl halides is 3. The summed E-state index contributed by atoms with van der Waals surface area (Å²) in [5.74, 6) is -4.59. The lowest BCUT2D eigenvalue weighted by Gasteiger charge is -2.15. The molecular formula is C8H12F3NO3. The molecule has 0 aromatic heterocycles. The highest BCUT2D eigenvalue weighted by Gasteiger charge is 2.44. The van der Waals surface area contributed by atoms with Crippen molar-refractivity contribution in [2.24, 2.45) is 5.92 Å². The first-order valence-electron chi connectivity index (χ1n) is 4.29. The van der Waals surface area contributed by atoms with Crippen LogP contribution in [0.4, 0.5) is 13.2 Å². The van der Waals surface area contributed by atoms with Crippen molar-refractivity contribution in [3.63, 3.8) is 0 Å². The van der Waals surface area contributed by atoms with Crippen LogP contribution in [-0.4, -0.2) is 29.7 Å². The largest absolute Gasteiger partial charge is 0.481 e. The lowest BCUT2D eigenvalue weighted by atomic mass is 10.0. The molecule has 0 aliphatic heterocycles. The van der Waals surface area contributed by atoms with Crippen molar-refractivity contribution in [3.05, 3.63) is 0 Å². The Balaban J connectivity index is 3.99. The van der Waals surface area contributed by atoms with Gasteiger partial charge < -0.3 is 10.4 Å². The van der Waals surface area contributed by atoms with Crippen LogP contribution in [0, 0.1) is 5.92 Å². The predicted octanol–water partition coefficient (Wildman–Crippen LogP) is 1.17. The molecule has 7 heteroatoms. The van der Waals surface area contributed by atoms with E-state index in [-0.39, 0.29) is 18.9 Å². The second-order valence-corrected chi connectivity index (χ2v) is 3.06. The molecule has 15 heavy (non-hydrogen) atoms. The van der Waals surface area contributed by atoms with E-state index in [1.54, 1.807) is 0 Å². The summed E-state index contributed by atoms with van der Waals surface area (Å²) in [6.07, 6.45) is -5.28. The Kier molecular flexibility index (Phi) is 5.10. The quantitative estimate of drug-likeness (QED) is 0.693. The first-order valence-corrected chi connectivity index (χ1v) is 4.29. The number of carbonyl (C=O) groups excluding carboxylic acids is 1. The Morgan fingerprint density at radius 2 is 1.93 bits per heavy atom. The molecule has 4 nitrogen and oxygen atoms in total. The van der Waals surface area contributed by atoms with E-state index in [4.69, 9.17) is 5.11 Å². The topological polar surface area (TPSA) is 66.4 Å². The third kappa shape index (κ3) is 5.92. The van der Waals surface area contributed by atoms with Crippen LogP contribution in [0.15, 0.2) is 0 Å². The summed E-state index contributed by atoms with van der Waals surface area (Å²) >= 11 is 0. The van der Waals surface area contributed by atoms with E-state index in [0.29, 0.717) is 0 Å². The smallest absolute Gasteiger partial charge is 0.402 e. The van der Waals surface area contributed by atoms with Gasteiger partial charge >= 0.3 is 12.1 Å². The predicted molar refractivity (Wildman–Crippen MR) is 45.1 cm³/mol. The van der Waals surface area contributed by atoms with Crippen molar-refractivity contribution < 1.29 is 27.9 Å². The summed E-state index contributed by atoms with van der Waals surface area (Å²) in [6.45, 7) is 1.29. The maximum atomic E-state index is 12.1. The summed E-state index contributed by atoms with van der Waals surface area (Å²) in [6, 6.07) is 0. The first-order chi connectivity index (χ1) is 6.75. The second kappa shape index (κ2) is 5.57. The van der Waals surface area contributed by atoms with Crippen LogP contribution < -0.4 is 5.32 Å². The summed E-state index contributed by atoms with van der Waals surface area (Å²) in [5, 5.41) is 10.6. The van der Waals surface area contributed by atoms with E-state index in [1.165, 1.54) is 6.92 Å². The average molecular weight is 227 g/mol. The number of rotatable bonds is 5. The number of hydrogen-bond acceptors (Lipinski definition) is 2. The number of hydrogen-bond donors (Lipinski definition) is 2. The monoisotopic (exact) mass is 227 g/mol. The van der Waals surface area contributed by atoms with Gasteiger partial charge in [-0.15, -0.1) is 0 Å². The zero-order chi connectivity index (χ0) is 12.1. The number of carboxylic acid groups (broad SMARTS) is 1. The van der Waals surface area contributed by atoms with Crippen LogP contribution in [-0.2, 0) is 9.59 Å². The molecule has 1 atom stereocenters. The number of carboxylic acids is 1. The fourth-order valence-electron chi connectivity index (χ4n) is 0.998. The van der Waals surface area contributed by atoms with Crippen molar-refractivity contribution in [1.82, 2.24) is 5.32 Å². The molecule has 0 bridgehead atoms. The molecule has 0 heterocycles. The van der Waals surface area contributed by atoms with Crippen LogP contribution in [0.1, 0.15) is 19.8 Å². The lowest BCUT2D eigenvalue weighted by Crippen LogP contribution is -2.31. The second-order valence-electron chi connectivity index (χ2n) is 3.06. The van der Waals surface area contributed by atoms with E-state index in [0.717, 1.165) is 0 Å². The summed E-state index contributed by atoms with van der Waals surface area (Å²) < 4.78 is 36.3. The van der Waals surface area contributed by atoms with Gasteiger partial charge in [-0.1, -0.05) is 0 Å². The summed E-state index contributed by atoms with van der Waals surface area (Å²) in [5.41, 5.74) is 0. The molecule has 2 N–H and O–H groups in total. The number of aliphatic carboxylic acids is 1. The van der Waals surface area contributed by atoms with Gasteiger partial charge in [-0.25, -0.2) is 0 Å². The average Bonchev–Trinajstić information content (AvgIpc) is 1.99. The molecule has 88 valence electrons. The molecule has 0 rings (SSSR count). The van der Waals surface area contributed by atoms with Gasteiger partial charge in [-0.2, -0.15) is 13.2 Å². The van der Waals surface area contributed by atoms with Gasteiger partial charge in [0.2, 0.25) is 5.91 Å². The SMILES string of the molecule is CC(=O)NCCCC(C(=O)O)C(F)(F)F. The minimum Gasteiger partial charge on any atom is -0.481 e. The van der Waals surface area contributed by atoms with Crippen molar-refractivity contribution in [2.75, 3.05) is 6.54 Å². The maximum absolute atomic E-state index is 12.1. The molecule has 0 fully saturated rings. The minimum absolute atomic E-state index is 0.0178. The van der Waals surface area contributed by atoms with Gasteiger partial charge in [-0.3, -0.25) is 9.59 Å². The highest BCUT2D eigenvalue weighted by molar-refractivity contribution is 5.72. The van der Waals surface area contributed by atoms with Gasteiger partial charge in [0.1, 0.15) is 0 Å². The van der Waals surface area contributed by atoms with Gasteiger partial charge in [0.05, 0.1) is 0 Å². The highest BCUT2D eigenvalue weighted by atomic mass is 19.4. The van der Waals surface area contributed by atoms with E-state index in [1.807, 2.05) is 0 Å². The Morgan fingerprint density at radius 3 is 2.27 bits per heavy atom. The van der Waals surface area contributed by atoms with Crippen LogP contribution in [0.3, 0.4) is 0 Å². The summed E-state index contributed by atoms with van der Waals surface area (Å²) in [4.78, 5) is 20.6. The molecule has 0 aromatic carbocycles. The van der Waals surface area contributed by atoms with Crippen molar-refractivity contribution >= 4 is 11.9 Å². The first kappa shape index (κ1) is 13.7. The van der Waals surface area contributed by atoms with E-state index in [9.17, 15) is 22.8 Å². The standard InChI is InChI=1S/C8H12F3NO3/c1-5(13)12-4-2-3-6(7(14)15)8(9,10)11/h6H,2-4H2,1H3,(H,12,13)(H,14,15). The number of carbonyl (C=O) groups is 2. The third-order valence-electron chi connectivity index (χ3n) is 1.74. The van der Waals surface area contributed by atoms with Crippen molar-refractivity contribution in [3.8, 4) is 0 Å². The Bertz CT molecular complexity index is 240. The lowest BCUT2D eigenvalue weighted by molar-refractivity contribution is -0.194. The summed E-state index contributed by atoms with van der Waals surface area (Å²) in [7, 11) is 0. The van der Waals surface area contributed by atoms with Crippen LogP contribution in [0.2, 0.25) is 0 Å². The molecule has 0 saturated heterocycles. The van der Waals surface area contributed by atoms with Crippen LogP contribution >= 0.6 is 0 Å². The zero-order valence-corrected chi connectivity index (χ0v) is 8.10. The molecule has 1 unspecified atom stereocenters. The number of halogens is 3. The normalized spacial score (nSPS) is 13.3.